The van der Waals surface area contributed by atoms with Crippen molar-refractivity contribution in [1.29, 1.82) is 0 Å². The third-order valence-electron chi connectivity index (χ3n) is 12.5. The summed E-state index contributed by atoms with van der Waals surface area (Å²) in [6.45, 7) is 10.6. The molecule has 6 heteroatoms. The number of allylic oxidation sites excluding steroid dienone is 6. The summed E-state index contributed by atoms with van der Waals surface area (Å²) in [5.41, 5.74) is 6.01. The van der Waals surface area contributed by atoms with Crippen LogP contribution in [0.2, 0.25) is 0 Å². The topological polar surface area (TPSA) is 82.1 Å². The van der Waals surface area contributed by atoms with Crippen LogP contribution in [-0.2, 0) is 29.4 Å². The molecular weight excluding hydrogens is 733 g/mol. The highest BCUT2D eigenvalue weighted by Crippen LogP contribution is 2.51. The zero-order chi connectivity index (χ0) is 42.0. The van der Waals surface area contributed by atoms with E-state index in [0.29, 0.717) is 24.8 Å². The van der Waals surface area contributed by atoms with Gasteiger partial charge in [-0.3, -0.25) is 4.79 Å². The van der Waals surface area contributed by atoms with Crippen molar-refractivity contribution >= 4 is 11.8 Å². The Morgan fingerprint density at radius 1 is 0.780 bits per heavy atom. The quantitative estimate of drug-likeness (QED) is 0.0925. The molecule has 0 aliphatic heterocycles. The second-order valence-electron chi connectivity index (χ2n) is 16.6. The van der Waals surface area contributed by atoms with E-state index in [1.165, 1.54) is 18.3 Å². The average molecular weight is 793 g/mol. The number of aliphatic hydroxyl groups excluding tert-OH is 1. The van der Waals surface area contributed by atoms with Gasteiger partial charge in [-0.15, -0.1) is 0 Å². The lowest BCUT2D eigenvalue weighted by Crippen LogP contribution is -2.35. The van der Waals surface area contributed by atoms with Gasteiger partial charge in [-0.1, -0.05) is 165 Å². The van der Waals surface area contributed by atoms with Crippen LogP contribution < -0.4 is 0 Å². The second kappa shape index (κ2) is 19.6. The Morgan fingerprint density at radius 3 is 1.85 bits per heavy atom. The van der Waals surface area contributed by atoms with Gasteiger partial charge in [0.25, 0.3) is 0 Å². The van der Waals surface area contributed by atoms with Crippen LogP contribution in [0.1, 0.15) is 102 Å². The lowest BCUT2D eigenvalue weighted by Gasteiger charge is -2.38. The van der Waals surface area contributed by atoms with Crippen molar-refractivity contribution in [3.8, 4) is 0 Å². The molecule has 4 aromatic rings. The number of carbonyl (C=O) groups is 2. The molecule has 6 nitrogen and oxygen atoms in total. The molecule has 0 bridgehead atoms. The molecule has 0 saturated heterocycles. The summed E-state index contributed by atoms with van der Waals surface area (Å²) in [7, 11) is 1.39. The number of carbonyl (C=O) groups excluding carboxylic acids is 2. The van der Waals surface area contributed by atoms with E-state index in [4.69, 9.17) is 14.2 Å². The summed E-state index contributed by atoms with van der Waals surface area (Å²) in [6, 6.07) is 40.2. The van der Waals surface area contributed by atoms with Gasteiger partial charge >= 0.3 is 5.97 Å². The average Bonchev–Trinajstić information content (AvgIpc) is 3.46. The molecule has 0 spiro atoms. The standard InChI is InChI=1S/C53H60O6/c1-37-20-19-21-38(2)34-35-52(5)45(32-31-39(3)46(33-30-37)59-49(51(56)57-6)41-22-11-7-12-23-41)47(48(54)50(52)55)40(4)36-58-53(42-24-13-8-14-25-42,43-26-15-9-16-27-43)44-28-17-10-18-29-44/h7-18,20,22-29,31,34,40,45-46,49,54H,19,21,30,32-33,35-36H2,1-6H3/b37-20+,38-34+,39-31+/t40-,45-,46+,49-,52+/m1/s1. The Hall–Kier alpha value is -5.30. The maximum absolute atomic E-state index is 14.5. The minimum atomic E-state index is -0.954. The molecule has 0 saturated carbocycles. The van der Waals surface area contributed by atoms with E-state index in [1.54, 1.807) is 0 Å². The summed E-state index contributed by atoms with van der Waals surface area (Å²) in [5, 5.41) is 12.0. The van der Waals surface area contributed by atoms with E-state index in [9.17, 15) is 14.7 Å². The van der Waals surface area contributed by atoms with E-state index in [0.717, 1.165) is 47.1 Å². The van der Waals surface area contributed by atoms with E-state index in [-0.39, 0.29) is 30.0 Å². The van der Waals surface area contributed by atoms with Gasteiger partial charge < -0.3 is 19.3 Å². The minimum absolute atomic E-state index is 0.155. The SMILES string of the molecule is COC(=O)[C@H](O[C@H]1CC/C(C)=C/CC/C(C)=C/C[C@]2(C)C(=O)C(O)=C([C@H](C)COC(c3ccccc3)(c3ccccc3)c3ccccc3)[C@H]2C/C=C/1C)c1ccccc1. The summed E-state index contributed by atoms with van der Waals surface area (Å²) >= 11 is 0. The number of hydrogen-bond donors (Lipinski definition) is 1. The molecule has 0 fully saturated rings. The van der Waals surface area contributed by atoms with Crippen molar-refractivity contribution in [2.75, 3.05) is 13.7 Å². The molecule has 2 aliphatic rings. The monoisotopic (exact) mass is 792 g/mol. The molecule has 1 N–H and O–H groups in total. The highest BCUT2D eigenvalue weighted by molar-refractivity contribution is 6.02. The summed E-state index contributed by atoms with van der Waals surface area (Å²) in [4.78, 5) is 27.7. The fourth-order valence-corrected chi connectivity index (χ4v) is 8.88. The van der Waals surface area contributed by atoms with Crippen LogP contribution in [0.4, 0.5) is 0 Å². The smallest absolute Gasteiger partial charge is 0.339 e. The van der Waals surface area contributed by atoms with E-state index in [2.05, 4.69) is 75.4 Å². The van der Waals surface area contributed by atoms with Crippen molar-refractivity contribution < 1.29 is 28.9 Å². The van der Waals surface area contributed by atoms with Crippen LogP contribution in [0.3, 0.4) is 0 Å². The highest BCUT2D eigenvalue weighted by Gasteiger charge is 2.52. The summed E-state index contributed by atoms with van der Waals surface area (Å²) < 4.78 is 19.2. The summed E-state index contributed by atoms with van der Waals surface area (Å²) in [5.74, 6) is -1.48. The summed E-state index contributed by atoms with van der Waals surface area (Å²) in [6.07, 6.45) is 9.54. The zero-order valence-electron chi connectivity index (χ0n) is 35.5. The molecule has 0 amide bonds. The first-order chi connectivity index (χ1) is 28.5. The third kappa shape index (κ3) is 9.61. The predicted molar refractivity (Wildman–Crippen MR) is 236 cm³/mol. The number of esters is 1. The van der Waals surface area contributed by atoms with Gasteiger partial charge in [0.2, 0.25) is 5.78 Å². The first-order valence-electron chi connectivity index (χ1n) is 21.0. The van der Waals surface area contributed by atoms with Gasteiger partial charge in [-0.2, -0.15) is 0 Å². The number of hydrogen-bond acceptors (Lipinski definition) is 6. The molecule has 0 aromatic heterocycles. The molecule has 0 unspecified atom stereocenters. The lowest BCUT2D eigenvalue weighted by atomic mass is 9.70. The molecular formula is C53H60O6. The van der Waals surface area contributed by atoms with Crippen molar-refractivity contribution in [1.82, 2.24) is 0 Å². The van der Waals surface area contributed by atoms with Gasteiger partial charge in [0.15, 0.2) is 11.9 Å². The number of Topliss-reactive ketones (excluding diaryl/α,β-unsaturated/α-hetero) is 1. The Balaban J connectivity index is 1.39. The van der Waals surface area contributed by atoms with Gasteiger partial charge in [0.1, 0.15) is 5.60 Å². The number of aliphatic hydroxyl groups is 1. The first-order valence-corrected chi connectivity index (χ1v) is 21.0. The Bertz CT molecular complexity index is 2050. The number of rotatable bonds is 11. The van der Waals surface area contributed by atoms with Gasteiger partial charge in [-0.25, -0.2) is 4.79 Å². The van der Waals surface area contributed by atoms with Crippen molar-refractivity contribution in [3.05, 3.63) is 190 Å². The molecule has 59 heavy (non-hydrogen) atoms. The van der Waals surface area contributed by atoms with Crippen LogP contribution >= 0.6 is 0 Å². The van der Waals surface area contributed by atoms with Crippen LogP contribution in [0.15, 0.2) is 168 Å². The van der Waals surface area contributed by atoms with Gasteiger partial charge in [0, 0.05) is 17.3 Å². The van der Waals surface area contributed by atoms with Crippen LogP contribution in [0, 0.1) is 17.3 Å². The van der Waals surface area contributed by atoms with E-state index < -0.39 is 29.2 Å². The molecule has 4 aromatic carbocycles. The van der Waals surface area contributed by atoms with Crippen molar-refractivity contribution in [2.24, 2.45) is 17.3 Å². The number of fused-ring (bicyclic) bond motifs is 1. The first kappa shape index (κ1) is 43.3. The van der Waals surface area contributed by atoms with Crippen molar-refractivity contribution in [3.63, 3.8) is 0 Å². The molecule has 0 heterocycles. The fourth-order valence-electron chi connectivity index (χ4n) is 8.88. The molecule has 5 atom stereocenters. The number of methoxy groups -OCH3 is 1. The van der Waals surface area contributed by atoms with Crippen molar-refractivity contribution in [2.45, 2.75) is 91.0 Å². The minimum Gasteiger partial charge on any atom is -0.504 e. The Labute approximate surface area is 351 Å². The molecule has 6 rings (SSSR count). The highest BCUT2D eigenvalue weighted by atomic mass is 16.6. The number of benzene rings is 4. The lowest BCUT2D eigenvalue weighted by molar-refractivity contribution is -0.157. The van der Waals surface area contributed by atoms with Gasteiger partial charge in [-0.05, 0) is 92.7 Å². The van der Waals surface area contributed by atoms with Crippen LogP contribution in [0.25, 0.3) is 0 Å². The fraction of sp³-hybridized carbons (Fsp3) is 0.358. The number of ether oxygens (including phenoxy) is 3. The Kier molecular flexibility index (Phi) is 14.4. The maximum Gasteiger partial charge on any atom is 0.339 e. The third-order valence-corrected chi connectivity index (χ3v) is 12.5. The van der Waals surface area contributed by atoms with E-state index >= 15 is 0 Å². The maximum atomic E-state index is 14.5. The molecule has 2 aliphatic carbocycles. The number of ketones is 1. The Morgan fingerprint density at radius 2 is 1.31 bits per heavy atom. The van der Waals surface area contributed by atoms with Crippen LogP contribution in [-0.4, -0.2) is 36.7 Å². The predicted octanol–water partition coefficient (Wildman–Crippen LogP) is 12.1. The second-order valence-corrected chi connectivity index (χ2v) is 16.6. The van der Waals surface area contributed by atoms with E-state index in [1.807, 2.05) is 98.8 Å². The molecule has 0 radical (unpaired) electrons. The normalized spacial score (nSPS) is 24.5. The largest absolute Gasteiger partial charge is 0.504 e. The van der Waals surface area contributed by atoms with Crippen LogP contribution in [0.5, 0.6) is 0 Å². The zero-order valence-corrected chi connectivity index (χ0v) is 35.5. The molecule has 308 valence electrons. The van der Waals surface area contributed by atoms with Gasteiger partial charge in [0.05, 0.1) is 19.8 Å².